The van der Waals surface area contributed by atoms with Crippen LogP contribution in [0.4, 0.5) is 13.2 Å². The number of esters is 1. The lowest BCUT2D eigenvalue weighted by Gasteiger charge is -2.09. The third-order valence-electron chi connectivity index (χ3n) is 4.62. The van der Waals surface area contributed by atoms with Gasteiger partial charge in [-0.15, -0.1) is 0 Å². The lowest BCUT2D eigenvalue weighted by Crippen LogP contribution is -2.11. The minimum absolute atomic E-state index is 0.159. The number of aryl methyl sites for hydroxylation is 1. The fraction of sp³-hybridized carbons (Fsp3) is 0.167. The molecule has 0 spiro atoms. The predicted octanol–water partition coefficient (Wildman–Crippen LogP) is 6.20. The van der Waals surface area contributed by atoms with Crippen molar-refractivity contribution < 1.29 is 22.7 Å². The van der Waals surface area contributed by atoms with Crippen LogP contribution in [0, 0.1) is 28.8 Å². The highest BCUT2D eigenvalue weighted by Crippen LogP contribution is 2.27. The summed E-state index contributed by atoms with van der Waals surface area (Å²) in [7, 11) is 0. The van der Waals surface area contributed by atoms with Gasteiger partial charge in [0.1, 0.15) is 29.3 Å². The number of unbranched alkanes of at least 4 members (excludes halogenated alkanes) is 1. The van der Waals surface area contributed by atoms with Crippen molar-refractivity contribution in [1.82, 2.24) is 0 Å². The van der Waals surface area contributed by atoms with Crippen LogP contribution in [0.15, 0.2) is 54.6 Å². The Labute approximate surface area is 172 Å². The van der Waals surface area contributed by atoms with E-state index in [2.05, 4.69) is 6.92 Å². The van der Waals surface area contributed by atoms with Gasteiger partial charge in [0.05, 0.1) is 11.1 Å². The maximum atomic E-state index is 14.5. The number of hydrogen-bond donors (Lipinski definition) is 0. The number of carbonyl (C=O) groups excluding carboxylic acids is 1. The van der Waals surface area contributed by atoms with Crippen LogP contribution in [0.3, 0.4) is 0 Å². The van der Waals surface area contributed by atoms with Crippen LogP contribution < -0.4 is 4.74 Å². The summed E-state index contributed by atoms with van der Waals surface area (Å²) >= 11 is 0. The SMILES string of the molecule is CCCCc1ccc(-c2ccc(C(=O)Oc3ccc(C#N)c(F)c3)c(F)c2)c(F)c1. The first kappa shape index (κ1) is 21.1. The fourth-order valence-corrected chi connectivity index (χ4v) is 2.99. The molecule has 0 N–H and O–H groups in total. The van der Waals surface area contributed by atoms with Crippen molar-refractivity contribution in [2.24, 2.45) is 0 Å². The van der Waals surface area contributed by atoms with Gasteiger partial charge in [-0.05, 0) is 54.3 Å². The summed E-state index contributed by atoms with van der Waals surface area (Å²) in [4.78, 5) is 12.2. The van der Waals surface area contributed by atoms with Crippen molar-refractivity contribution in [2.75, 3.05) is 0 Å². The molecule has 0 radical (unpaired) electrons. The molecule has 0 aromatic heterocycles. The van der Waals surface area contributed by atoms with E-state index in [-0.39, 0.29) is 28.0 Å². The summed E-state index contributed by atoms with van der Waals surface area (Å²) in [6.45, 7) is 2.05. The van der Waals surface area contributed by atoms with Crippen LogP contribution in [0.25, 0.3) is 11.1 Å². The molecule has 0 aliphatic rings. The predicted molar refractivity (Wildman–Crippen MR) is 106 cm³/mol. The van der Waals surface area contributed by atoms with E-state index in [1.807, 2.05) is 0 Å². The molecular formula is C24H18F3NO2. The lowest BCUT2D eigenvalue weighted by atomic mass is 9.99. The Kier molecular flexibility index (Phi) is 6.53. The largest absolute Gasteiger partial charge is 0.423 e. The minimum Gasteiger partial charge on any atom is -0.423 e. The Balaban J connectivity index is 1.80. The summed E-state index contributed by atoms with van der Waals surface area (Å²) in [5.74, 6) is -3.39. The third kappa shape index (κ3) is 4.69. The number of carbonyl (C=O) groups is 1. The van der Waals surface area contributed by atoms with Crippen molar-refractivity contribution in [1.29, 1.82) is 5.26 Å². The Hall–Kier alpha value is -3.59. The standard InChI is InChI=1S/C24H18F3NO2/c1-2-3-4-15-5-9-19(22(26)11-15)16-7-10-20(23(27)12-16)24(29)30-18-8-6-17(14-28)21(25)13-18/h5-13H,2-4H2,1H3. The van der Waals surface area contributed by atoms with Crippen LogP contribution in [0.5, 0.6) is 5.75 Å². The van der Waals surface area contributed by atoms with Crippen LogP contribution in [0.1, 0.15) is 41.3 Å². The summed E-state index contributed by atoms with van der Waals surface area (Å²) < 4.78 is 47.6. The molecule has 0 amide bonds. The van der Waals surface area contributed by atoms with Crippen LogP contribution >= 0.6 is 0 Å². The van der Waals surface area contributed by atoms with Crippen LogP contribution in [0.2, 0.25) is 0 Å². The molecule has 152 valence electrons. The second-order valence-electron chi connectivity index (χ2n) is 6.76. The summed E-state index contributed by atoms with van der Waals surface area (Å²) in [6, 6.07) is 13.4. The molecule has 0 aliphatic heterocycles. The molecule has 0 saturated carbocycles. The number of halogens is 3. The normalized spacial score (nSPS) is 10.5. The van der Waals surface area contributed by atoms with Gasteiger partial charge in [-0.2, -0.15) is 5.26 Å². The number of rotatable bonds is 6. The Morgan fingerprint density at radius 1 is 0.967 bits per heavy atom. The molecule has 0 heterocycles. The van der Waals surface area contributed by atoms with E-state index in [0.717, 1.165) is 43.0 Å². The lowest BCUT2D eigenvalue weighted by molar-refractivity contribution is 0.0729. The number of ether oxygens (including phenoxy) is 1. The topological polar surface area (TPSA) is 50.1 Å². The van der Waals surface area contributed by atoms with E-state index in [4.69, 9.17) is 10.00 Å². The van der Waals surface area contributed by atoms with E-state index in [9.17, 15) is 18.0 Å². The number of benzene rings is 3. The second-order valence-corrected chi connectivity index (χ2v) is 6.76. The minimum atomic E-state index is -1.03. The highest BCUT2D eigenvalue weighted by atomic mass is 19.1. The van der Waals surface area contributed by atoms with E-state index in [1.54, 1.807) is 18.2 Å². The molecule has 30 heavy (non-hydrogen) atoms. The first-order chi connectivity index (χ1) is 14.4. The summed E-state index contributed by atoms with van der Waals surface area (Å²) in [6.07, 6.45) is 2.72. The molecule has 0 atom stereocenters. The molecule has 0 bridgehead atoms. The van der Waals surface area contributed by atoms with Crippen molar-refractivity contribution in [3.8, 4) is 22.9 Å². The summed E-state index contributed by atoms with van der Waals surface area (Å²) in [5, 5.41) is 8.72. The Morgan fingerprint density at radius 3 is 2.40 bits per heavy atom. The molecule has 6 heteroatoms. The number of nitrogens with zero attached hydrogens (tertiary/aromatic N) is 1. The van der Waals surface area contributed by atoms with Gasteiger partial charge in [-0.25, -0.2) is 18.0 Å². The van der Waals surface area contributed by atoms with E-state index < -0.39 is 23.4 Å². The molecule has 3 aromatic rings. The number of nitriles is 1. The molecule has 0 aliphatic carbocycles. The second kappa shape index (κ2) is 9.27. The van der Waals surface area contributed by atoms with Crippen molar-refractivity contribution >= 4 is 5.97 Å². The van der Waals surface area contributed by atoms with Gasteiger partial charge < -0.3 is 4.74 Å². The molecule has 3 rings (SSSR count). The molecular weight excluding hydrogens is 391 g/mol. The molecule has 0 fully saturated rings. The molecule has 3 nitrogen and oxygen atoms in total. The van der Waals surface area contributed by atoms with Gasteiger partial charge in [0.15, 0.2) is 0 Å². The van der Waals surface area contributed by atoms with Gasteiger partial charge in [0.25, 0.3) is 0 Å². The summed E-state index contributed by atoms with van der Waals surface area (Å²) in [5.41, 5.74) is 0.807. The Morgan fingerprint density at radius 2 is 1.77 bits per heavy atom. The zero-order chi connectivity index (χ0) is 21.7. The molecule has 0 unspecified atom stereocenters. The average Bonchev–Trinajstić information content (AvgIpc) is 2.72. The average molecular weight is 409 g/mol. The van der Waals surface area contributed by atoms with Gasteiger partial charge >= 0.3 is 5.97 Å². The monoisotopic (exact) mass is 409 g/mol. The van der Waals surface area contributed by atoms with Gasteiger partial charge in [-0.1, -0.05) is 31.5 Å². The zero-order valence-corrected chi connectivity index (χ0v) is 16.2. The van der Waals surface area contributed by atoms with Crippen molar-refractivity contribution in [3.63, 3.8) is 0 Å². The molecule has 0 saturated heterocycles. The van der Waals surface area contributed by atoms with Crippen LogP contribution in [-0.2, 0) is 6.42 Å². The zero-order valence-electron chi connectivity index (χ0n) is 16.2. The van der Waals surface area contributed by atoms with E-state index in [1.165, 1.54) is 24.3 Å². The first-order valence-electron chi connectivity index (χ1n) is 9.43. The van der Waals surface area contributed by atoms with E-state index in [0.29, 0.717) is 0 Å². The highest BCUT2D eigenvalue weighted by molar-refractivity contribution is 5.92. The van der Waals surface area contributed by atoms with E-state index >= 15 is 0 Å². The quantitative estimate of drug-likeness (QED) is 0.360. The van der Waals surface area contributed by atoms with Gasteiger partial charge in [0, 0.05) is 11.6 Å². The van der Waals surface area contributed by atoms with Crippen LogP contribution in [-0.4, -0.2) is 5.97 Å². The smallest absolute Gasteiger partial charge is 0.346 e. The Bertz CT molecular complexity index is 1140. The fourth-order valence-electron chi connectivity index (χ4n) is 2.99. The maximum Gasteiger partial charge on any atom is 0.346 e. The number of hydrogen-bond acceptors (Lipinski definition) is 3. The third-order valence-corrected chi connectivity index (χ3v) is 4.62. The van der Waals surface area contributed by atoms with Crippen molar-refractivity contribution in [3.05, 3.63) is 88.7 Å². The van der Waals surface area contributed by atoms with Gasteiger partial charge in [-0.3, -0.25) is 0 Å². The van der Waals surface area contributed by atoms with Crippen molar-refractivity contribution in [2.45, 2.75) is 26.2 Å². The molecule has 3 aromatic carbocycles. The van der Waals surface area contributed by atoms with Gasteiger partial charge in [0.2, 0.25) is 0 Å². The maximum absolute atomic E-state index is 14.5. The first-order valence-corrected chi connectivity index (χ1v) is 9.43. The highest BCUT2D eigenvalue weighted by Gasteiger charge is 2.17.